The molecule has 0 spiro atoms. The first-order valence-corrected chi connectivity index (χ1v) is 8.41. The van der Waals surface area contributed by atoms with Crippen LogP contribution in [0.2, 0.25) is 0 Å². The van der Waals surface area contributed by atoms with Gasteiger partial charge in [-0.25, -0.2) is 14.4 Å². The van der Waals surface area contributed by atoms with Crippen molar-refractivity contribution in [3.05, 3.63) is 47.2 Å². The van der Waals surface area contributed by atoms with Crippen molar-refractivity contribution in [3.63, 3.8) is 0 Å². The molecule has 1 aliphatic heterocycles. The van der Waals surface area contributed by atoms with Gasteiger partial charge in [0.05, 0.1) is 31.0 Å². The third kappa shape index (κ3) is 5.60. The molecule has 27 heavy (non-hydrogen) atoms. The first-order valence-electron chi connectivity index (χ1n) is 8.41. The monoisotopic (exact) mass is 374 g/mol. The Balaban J connectivity index is 2.06. The zero-order chi connectivity index (χ0) is 19.8. The number of hydrogen-bond donors (Lipinski definition) is 2. The second-order valence-corrected chi connectivity index (χ2v) is 5.65. The average Bonchev–Trinajstić information content (AvgIpc) is 2.64. The lowest BCUT2D eigenvalue weighted by Crippen LogP contribution is -2.50. The number of rotatable bonds is 7. The van der Waals surface area contributed by atoms with Crippen LogP contribution in [0.1, 0.15) is 19.4 Å². The standard InChI is InChI=1S/C19H22N2O6/c1-4-26-18(23)17-12(2)20-19(24)21-15(17)11-27-16(22)9-8-13-6-5-7-14(10-13)25-3/h5-10,12H,4,11H2,1-3H3,(H2,20,21,24)/b9-8+/t12-/m1/s1. The number of methoxy groups -OCH3 is 1. The molecule has 2 N–H and O–H groups in total. The third-order valence-electron chi connectivity index (χ3n) is 3.73. The van der Waals surface area contributed by atoms with Gasteiger partial charge in [0, 0.05) is 6.08 Å². The number of carbonyl (C=O) groups is 3. The Labute approximate surface area is 157 Å². The lowest BCUT2D eigenvalue weighted by atomic mass is 10.0. The number of esters is 2. The predicted octanol–water partition coefficient (Wildman–Crippen LogP) is 1.77. The molecule has 0 radical (unpaired) electrons. The zero-order valence-corrected chi connectivity index (χ0v) is 15.4. The van der Waals surface area contributed by atoms with Crippen LogP contribution >= 0.6 is 0 Å². The van der Waals surface area contributed by atoms with Crippen LogP contribution in [0.4, 0.5) is 4.79 Å². The Bertz CT molecular complexity index is 784. The molecule has 0 bridgehead atoms. The topological polar surface area (TPSA) is 103 Å². The van der Waals surface area contributed by atoms with Gasteiger partial charge < -0.3 is 24.8 Å². The molecular weight excluding hydrogens is 352 g/mol. The summed E-state index contributed by atoms with van der Waals surface area (Å²) in [5.41, 5.74) is 1.19. The van der Waals surface area contributed by atoms with E-state index in [4.69, 9.17) is 14.2 Å². The quantitative estimate of drug-likeness (QED) is 0.557. The number of benzene rings is 1. The van der Waals surface area contributed by atoms with Gasteiger partial charge >= 0.3 is 18.0 Å². The van der Waals surface area contributed by atoms with Crippen LogP contribution in [0.3, 0.4) is 0 Å². The maximum atomic E-state index is 12.1. The van der Waals surface area contributed by atoms with Crippen LogP contribution in [0.15, 0.2) is 41.6 Å². The van der Waals surface area contributed by atoms with Gasteiger partial charge in [-0.2, -0.15) is 0 Å². The van der Waals surface area contributed by atoms with Crippen molar-refractivity contribution in [1.82, 2.24) is 10.6 Å². The van der Waals surface area contributed by atoms with Crippen molar-refractivity contribution < 1.29 is 28.6 Å². The van der Waals surface area contributed by atoms with Gasteiger partial charge in [-0.1, -0.05) is 12.1 Å². The SMILES string of the molecule is CCOC(=O)C1=C(COC(=O)/C=C/c2cccc(OC)c2)NC(=O)N[C@@H]1C. The van der Waals surface area contributed by atoms with E-state index in [1.165, 1.54) is 6.08 Å². The van der Waals surface area contributed by atoms with E-state index < -0.39 is 24.0 Å². The number of hydrogen-bond acceptors (Lipinski definition) is 6. The molecule has 1 aliphatic rings. The summed E-state index contributed by atoms with van der Waals surface area (Å²) in [5, 5.41) is 5.06. The van der Waals surface area contributed by atoms with Crippen LogP contribution < -0.4 is 15.4 Å². The summed E-state index contributed by atoms with van der Waals surface area (Å²) in [7, 11) is 1.56. The molecule has 0 fully saturated rings. The fraction of sp³-hybridized carbons (Fsp3) is 0.316. The predicted molar refractivity (Wildman–Crippen MR) is 97.8 cm³/mol. The van der Waals surface area contributed by atoms with Crippen molar-refractivity contribution in [2.45, 2.75) is 19.9 Å². The van der Waals surface area contributed by atoms with Crippen LogP contribution in [-0.2, 0) is 19.1 Å². The Morgan fingerprint density at radius 3 is 2.74 bits per heavy atom. The van der Waals surface area contributed by atoms with E-state index in [9.17, 15) is 14.4 Å². The molecule has 144 valence electrons. The van der Waals surface area contributed by atoms with Gasteiger partial charge in [0.25, 0.3) is 0 Å². The molecule has 0 saturated carbocycles. The number of urea groups is 1. The number of amides is 2. The van der Waals surface area contributed by atoms with Gasteiger partial charge in [-0.3, -0.25) is 0 Å². The van der Waals surface area contributed by atoms with Gasteiger partial charge in [0.1, 0.15) is 12.4 Å². The second-order valence-electron chi connectivity index (χ2n) is 5.65. The molecule has 0 aromatic heterocycles. The van der Waals surface area contributed by atoms with E-state index in [1.54, 1.807) is 45.2 Å². The Hall–Kier alpha value is -3.29. The third-order valence-corrected chi connectivity index (χ3v) is 3.73. The van der Waals surface area contributed by atoms with Crippen LogP contribution in [0.5, 0.6) is 5.75 Å². The summed E-state index contributed by atoms with van der Waals surface area (Å²) >= 11 is 0. The Morgan fingerprint density at radius 1 is 1.26 bits per heavy atom. The normalized spacial score (nSPS) is 16.6. The highest BCUT2D eigenvalue weighted by atomic mass is 16.5. The first-order chi connectivity index (χ1) is 12.9. The molecule has 0 unspecified atom stereocenters. The summed E-state index contributed by atoms with van der Waals surface area (Å²) < 4.78 is 15.3. The van der Waals surface area contributed by atoms with Crippen LogP contribution in [-0.4, -0.2) is 44.3 Å². The molecule has 1 heterocycles. The fourth-order valence-corrected chi connectivity index (χ4v) is 2.49. The van der Waals surface area contributed by atoms with E-state index in [-0.39, 0.29) is 24.5 Å². The summed E-state index contributed by atoms with van der Waals surface area (Å²) in [4.78, 5) is 35.7. The number of carbonyl (C=O) groups excluding carboxylic acids is 3. The van der Waals surface area contributed by atoms with Crippen LogP contribution in [0.25, 0.3) is 6.08 Å². The molecule has 8 nitrogen and oxygen atoms in total. The number of ether oxygens (including phenoxy) is 3. The molecule has 8 heteroatoms. The van der Waals surface area contributed by atoms with E-state index in [2.05, 4.69) is 10.6 Å². The van der Waals surface area contributed by atoms with Crippen molar-refractivity contribution in [2.24, 2.45) is 0 Å². The van der Waals surface area contributed by atoms with Crippen molar-refractivity contribution >= 4 is 24.0 Å². The lowest BCUT2D eigenvalue weighted by molar-refractivity contribution is -0.140. The van der Waals surface area contributed by atoms with Gasteiger partial charge in [-0.05, 0) is 37.6 Å². The van der Waals surface area contributed by atoms with Crippen molar-refractivity contribution in [2.75, 3.05) is 20.3 Å². The summed E-state index contributed by atoms with van der Waals surface area (Å²) in [6, 6.07) is 6.13. The fourth-order valence-electron chi connectivity index (χ4n) is 2.49. The molecule has 1 aromatic rings. The highest BCUT2D eigenvalue weighted by Gasteiger charge is 2.30. The molecular formula is C19H22N2O6. The molecule has 0 aliphatic carbocycles. The van der Waals surface area contributed by atoms with E-state index in [1.807, 2.05) is 6.07 Å². The largest absolute Gasteiger partial charge is 0.497 e. The van der Waals surface area contributed by atoms with E-state index in [0.29, 0.717) is 5.75 Å². The van der Waals surface area contributed by atoms with Gasteiger partial charge in [-0.15, -0.1) is 0 Å². The highest BCUT2D eigenvalue weighted by Crippen LogP contribution is 2.16. The van der Waals surface area contributed by atoms with E-state index in [0.717, 1.165) is 5.56 Å². The van der Waals surface area contributed by atoms with Crippen LogP contribution in [0, 0.1) is 0 Å². The number of nitrogens with one attached hydrogen (secondary N) is 2. The molecule has 1 atom stereocenters. The molecule has 1 aromatic carbocycles. The first kappa shape index (κ1) is 20.0. The minimum Gasteiger partial charge on any atom is -0.497 e. The smallest absolute Gasteiger partial charge is 0.338 e. The van der Waals surface area contributed by atoms with Gasteiger partial charge in [0.15, 0.2) is 0 Å². The molecule has 2 rings (SSSR count). The second kappa shape index (κ2) is 9.42. The van der Waals surface area contributed by atoms with Crippen molar-refractivity contribution in [3.8, 4) is 5.75 Å². The highest BCUT2D eigenvalue weighted by molar-refractivity contribution is 5.95. The summed E-state index contributed by atoms with van der Waals surface area (Å²) in [6.07, 6.45) is 2.83. The maximum absolute atomic E-state index is 12.1. The zero-order valence-electron chi connectivity index (χ0n) is 15.4. The average molecular weight is 374 g/mol. The lowest BCUT2D eigenvalue weighted by Gasteiger charge is -2.26. The van der Waals surface area contributed by atoms with Crippen molar-refractivity contribution in [1.29, 1.82) is 0 Å². The molecule has 2 amide bonds. The minimum atomic E-state index is -0.617. The van der Waals surface area contributed by atoms with E-state index >= 15 is 0 Å². The Morgan fingerprint density at radius 2 is 2.04 bits per heavy atom. The summed E-state index contributed by atoms with van der Waals surface area (Å²) in [5.74, 6) is -0.523. The Kier molecular flexibility index (Phi) is 6.99. The molecule has 0 saturated heterocycles. The summed E-state index contributed by atoms with van der Waals surface area (Å²) in [6.45, 7) is 3.27. The minimum absolute atomic E-state index is 0.194. The maximum Gasteiger partial charge on any atom is 0.338 e. The van der Waals surface area contributed by atoms with Gasteiger partial charge in [0.2, 0.25) is 0 Å².